The number of nitrogens with one attached hydrogen (secondary N) is 1. The Kier molecular flexibility index (Phi) is 4.44. The Balaban J connectivity index is 1.75. The first-order valence-electron chi connectivity index (χ1n) is 7.10. The maximum Gasteiger partial charge on any atom is 0.333 e. The molecule has 0 amide bonds. The maximum absolute atomic E-state index is 11.2. The number of methoxy groups -OCH3 is 1. The minimum absolute atomic E-state index is 0.232. The van der Waals surface area contributed by atoms with Crippen molar-refractivity contribution in [2.45, 2.75) is 45.6 Å². The number of fused-ring (bicyclic) bond motifs is 2. The van der Waals surface area contributed by atoms with Crippen LogP contribution in [0.1, 0.15) is 39.5 Å². The van der Waals surface area contributed by atoms with Crippen LogP contribution < -0.4 is 5.32 Å². The van der Waals surface area contributed by atoms with Gasteiger partial charge in [-0.25, -0.2) is 4.79 Å². The zero-order chi connectivity index (χ0) is 13.1. The molecule has 3 heteroatoms. The molecule has 2 bridgehead atoms. The predicted molar refractivity (Wildman–Crippen MR) is 72.2 cm³/mol. The zero-order valence-electron chi connectivity index (χ0n) is 11.7. The number of carbonyl (C=O) groups excluding carboxylic acids is 1. The van der Waals surface area contributed by atoms with E-state index >= 15 is 0 Å². The Hall–Kier alpha value is -0.830. The second kappa shape index (κ2) is 5.87. The molecule has 0 aromatic carbocycles. The summed E-state index contributed by atoms with van der Waals surface area (Å²) in [5.41, 5.74) is 0.685. The molecule has 18 heavy (non-hydrogen) atoms. The van der Waals surface area contributed by atoms with Crippen molar-refractivity contribution in [3.05, 3.63) is 11.6 Å². The number of hydrogen-bond acceptors (Lipinski definition) is 3. The van der Waals surface area contributed by atoms with Gasteiger partial charge in [-0.1, -0.05) is 12.5 Å². The molecular formula is C15H25NO2. The van der Waals surface area contributed by atoms with Gasteiger partial charge in [0.15, 0.2) is 0 Å². The Morgan fingerprint density at radius 3 is 2.78 bits per heavy atom. The fourth-order valence-electron chi connectivity index (χ4n) is 3.70. The highest BCUT2D eigenvalue weighted by Crippen LogP contribution is 2.49. The van der Waals surface area contributed by atoms with Crippen molar-refractivity contribution in [3.63, 3.8) is 0 Å². The van der Waals surface area contributed by atoms with Crippen LogP contribution in [0.4, 0.5) is 0 Å². The lowest BCUT2D eigenvalue weighted by molar-refractivity contribution is -0.136. The van der Waals surface area contributed by atoms with Crippen molar-refractivity contribution in [1.29, 1.82) is 0 Å². The van der Waals surface area contributed by atoms with E-state index in [1.165, 1.54) is 32.8 Å². The minimum Gasteiger partial charge on any atom is -0.466 e. The van der Waals surface area contributed by atoms with Crippen molar-refractivity contribution in [2.24, 2.45) is 17.8 Å². The Morgan fingerprint density at radius 2 is 2.22 bits per heavy atom. The smallest absolute Gasteiger partial charge is 0.333 e. The van der Waals surface area contributed by atoms with Gasteiger partial charge in [0, 0.05) is 18.2 Å². The summed E-state index contributed by atoms with van der Waals surface area (Å²) in [4.78, 5) is 11.2. The second-order valence-corrected chi connectivity index (χ2v) is 5.91. The van der Waals surface area contributed by atoms with Crippen LogP contribution in [-0.4, -0.2) is 25.7 Å². The molecule has 1 N–H and O–H groups in total. The van der Waals surface area contributed by atoms with E-state index in [1.54, 1.807) is 6.92 Å². The van der Waals surface area contributed by atoms with Crippen LogP contribution in [0.15, 0.2) is 11.6 Å². The first-order valence-corrected chi connectivity index (χ1v) is 7.10. The summed E-state index contributed by atoms with van der Waals surface area (Å²) in [6.45, 7) is 4.85. The third-order valence-corrected chi connectivity index (χ3v) is 4.79. The Labute approximate surface area is 110 Å². The average molecular weight is 251 g/mol. The van der Waals surface area contributed by atoms with Gasteiger partial charge in [-0.05, 0) is 50.9 Å². The van der Waals surface area contributed by atoms with Gasteiger partial charge in [-0.15, -0.1) is 0 Å². The van der Waals surface area contributed by atoms with Crippen molar-refractivity contribution >= 4 is 5.97 Å². The van der Waals surface area contributed by atoms with E-state index in [-0.39, 0.29) is 5.97 Å². The van der Waals surface area contributed by atoms with Crippen LogP contribution in [0.25, 0.3) is 0 Å². The molecule has 4 atom stereocenters. The molecule has 0 spiro atoms. The molecule has 0 aromatic heterocycles. The highest BCUT2D eigenvalue weighted by Gasteiger charge is 2.41. The highest BCUT2D eigenvalue weighted by molar-refractivity contribution is 5.87. The van der Waals surface area contributed by atoms with Crippen LogP contribution in [0.2, 0.25) is 0 Å². The van der Waals surface area contributed by atoms with E-state index in [9.17, 15) is 4.79 Å². The van der Waals surface area contributed by atoms with E-state index in [2.05, 4.69) is 17.0 Å². The number of esters is 1. The molecule has 102 valence electrons. The molecule has 2 saturated carbocycles. The van der Waals surface area contributed by atoms with Crippen LogP contribution in [0.5, 0.6) is 0 Å². The number of rotatable bonds is 5. The monoisotopic (exact) mass is 251 g/mol. The first kappa shape index (κ1) is 13.6. The summed E-state index contributed by atoms with van der Waals surface area (Å²) in [5.74, 6) is 2.56. The van der Waals surface area contributed by atoms with Crippen molar-refractivity contribution < 1.29 is 9.53 Å². The summed E-state index contributed by atoms with van der Waals surface area (Å²) in [7, 11) is 1.42. The number of ether oxygens (including phenoxy) is 1. The van der Waals surface area contributed by atoms with E-state index in [0.29, 0.717) is 11.6 Å². The third-order valence-electron chi connectivity index (χ3n) is 4.79. The van der Waals surface area contributed by atoms with Gasteiger partial charge in [0.05, 0.1) is 7.11 Å². The van der Waals surface area contributed by atoms with Crippen LogP contribution >= 0.6 is 0 Å². The molecule has 4 unspecified atom stereocenters. The maximum atomic E-state index is 11.2. The molecule has 3 nitrogen and oxygen atoms in total. The van der Waals surface area contributed by atoms with Gasteiger partial charge < -0.3 is 10.1 Å². The molecule has 0 saturated heterocycles. The fraction of sp³-hybridized carbons (Fsp3) is 0.800. The highest BCUT2D eigenvalue weighted by atomic mass is 16.5. The third kappa shape index (κ3) is 2.94. The van der Waals surface area contributed by atoms with Gasteiger partial charge >= 0.3 is 5.97 Å². The molecule has 2 fully saturated rings. The fourth-order valence-corrected chi connectivity index (χ4v) is 3.70. The second-order valence-electron chi connectivity index (χ2n) is 5.91. The summed E-state index contributed by atoms with van der Waals surface area (Å²) >= 11 is 0. The minimum atomic E-state index is -0.232. The van der Waals surface area contributed by atoms with Crippen molar-refractivity contribution in [1.82, 2.24) is 5.32 Å². The summed E-state index contributed by atoms with van der Waals surface area (Å²) < 4.78 is 4.67. The van der Waals surface area contributed by atoms with Crippen LogP contribution in [0, 0.1) is 17.8 Å². The van der Waals surface area contributed by atoms with Crippen molar-refractivity contribution in [2.75, 3.05) is 13.7 Å². The quantitative estimate of drug-likeness (QED) is 0.603. The lowest BCUT2D eigenvalue weighted by atomic mass is 9.84. The van der Waals surface area contributed by atoms with Crippen LogP contribution in [0.3, 0.4) is 0 Å². The molecule has 2 aliphatic rings. The van der Waals surface area contributed by atoms with E-state index in [1.807, 2.05) is 6.08 Å². The predicted octanol–water partition coefficient (Wildman–Crippen LogP) is 2.52. The van der Waals surface area contributed by atoms with E-state index < -0.39 is 0 Å². The standard InChI is InChI=1S/C15H25NO2/c1-10(15(17)18-3)6-7-16-11(2)14-9-12-4-5-13(14)8-12/h6,11-14,16H,4-5,7-9H2,1-3H3. The van der Waals surface area contributed by atoms with Crippen molar-refractivity contribution in [3.8, 4) is 0 Å². The van der Waals surface area contributed by atoms with Gasteiger partial charge in [-0.2, -0.15) is 0 Å². The Morgan fingerprint density at radius 1 is 1.44 bits per heavy atom. The van der Waals surface area contributed by atoms with Gasteiger partial charge in [0.1, 0.15) is 0 Å². The molecule has 2 aliphatic carbocycles. The van der Waals surface area contributed by atoms with Gasteiger partial charge in [0.2, 0.25) is 0 Å². The average Bonchev–Trinajstić information content (AvgIpc) is 2.99. The summed E-state index contributed by atoms with van der Waals surface area (Å²) in [6.07, 6.45) is 7.66. The summed E-state index contributed by atoms with van der Waals surface area (Å²) in [5, 5.41) is 3.54. The number of carbonyl (C=O) groups is 1. The largest absolute Gasteiger partial charge is 0.466 e. The molecular weight excluding hydrogens is 226 g/mol. The van der Waals surface area contributed by atoms with E-state index in [0.717, 1.165) is 24.3 Å². The zero-order valence-corrected chi connectivity index (χ0v) is 11.7. The molecule has 0 aliphatic heterocycles. The topological polar surface area (TPSA) is 38.3 Å². The lowest BCUT2D eigenvalue weighted by Gasteiger charge is -2.28. The molecule has 0 aromatic rings. The van der Waals surface area contributed by atoms with E-state index in [4.69, 9.17) is 0 Å². The lowest BCUT2D eigenvalue weighted by Crippen LogP contribution is -2.36. The van der Waals surface area contributed by atoms with Gasteiger partial charge in [-0.3, -0.25) is 0 Å². The molecule has 0 radical (unpaired) electrons. The summed E-state index contributed by atoms with van der Waals surface area (Å²) in [6, 6.07) is 0.557. The van der Waals surface area contributed by atoms with Crippen LogP contribution in [-0.2, 0) is 9.53 Å². The van der Waals surface area contributed by atoms with Gasteiger partial charge in [0.25, 0.3) is 0 Å². The normalized spacial score (nSPS) is 32.6. The molecule has 2 rings (SSSR count). The first-order chi connectivity index (χ1) is 8.61. The number of hydrogen-bond donors (Lipinski definition) is 1. The Bertz CT molecular complexity index is 337. The molecule has 0 heterocycles. The SMILES string of the molecule is COC(=O)C(C)=CCNC(C)C1CC2CCC1C2.